The molecule has 1 fully saturated rings. The van der Waals surface area contributed by atoms with Gasteiger partial charge in [0.05, 0.1) is 0 Å². The summed E-state index contributed by atoms with van der Waals surface area (Å²) in [6.07, 6.45) is 7.22. The minimum absolute atomic E-state index is 0.0338. The second kappa shape index (κ2) is 6.78. The summed E-state index contributed by atoms with van der Waals surface area (Å²) in [6.45, 7) is 2.96. The van der Waals surface area contributed by atoms with E-state index in [1.165, 1.54) is 6.42 Å². The number of hydrogen-bond donors (Lipinski definition) is 1. The zero-order chi connectivity index (χ0) is 17.4. The van der Waals surface area contributed by atoms with Gasteiger partial charge in [-0.25, -0.2) is 0 Å². The molecule has 2 heterocycles. The zero-order valence-electron chi connectivity index (χ0n) is 15.2. The molecule has 0 radical (unpaired) electrons. The van der Waals surface area contributed by atoms with Crippen molar-refractivity contribution >= 4 is 39.6 Å². The fourth-order valence-corrected chi connectivity index (χ4v) is 6.16. The number of anilines is 2. The number of aromatic nitrogens is 2. The van der Waals surface area contributed by atoms with Crippen molar-refractivity contribution in [3.05, 3.63) is 6.20 Å². The van der Waals surface area contributed by atoms with Crippen LogP contribution in [0.15, 0.2) is 6.20 Å². The first kappa shape index (κ1) is 17.9. The predicted octanol–water partition coefficient (Wildman–Crippen LogP) is 2.48. The van der Waals surface area contributed by atoms with E-state index in [1.807, 2.05) is 13.1 Å². The van der Waals surface area contributed by atoms with Crippen LogP contribution in [0.2, 0.25) is 14.8 Å². The van der Waals surface area contributed by atoms with Gasteiger partial charge < -0.3 is 0 Å². The van der Waals surface area contributed by atoms with Gasteiger partial charge in [0.25, 0.3) is 0 Å². The van der Waals surface area contributed by atoms with E-state index in [0.717, 1.165) is 35.2 Å². The van der Waals surface area contributed by atoms with Crippen LogP contribution in [-0.4, -0.2) is 53.1 Å². The Hall–Kier alpha value is -0.891. The molecule has 0 spiro atoms. The molecule has 2 aliphatic rings. The Labute approximate surface area is 148 Å². The van der Waals surface area contributed by atoms with E-state index in [0.29, 0.717) is 19.0 Å². The Kier molecular flexibility index (Phi) is 5.06. The van der Waals surface area contributed by atoms with Crippen LogP contribution in [0, 0.1) is 0 Å². The number of nitrogens with one attached hydrogen (secondary N) is 1. The topological polar surface area (TPSA) is 67.3 Å². The molecule has 0 bridgehead atoms. The van der Waals surface area contributed by atoms with Gasteiger partial charge in [-0.15, -0.1) is 0 Å². The molecule has 1 aliphatic heterocycles. The second-order valence-electron chi connectivity index (χ2n) is 7.75. The third-order valence-corrected chi connectivity index (χ3v) is 9.95. The normalized spacial score (nSPS) is 20.5. The summed E-state index contributed by atoms with van der Waals surface area (Å²) >= 11 is -2.35. The Bertz CT molecular complexity index is 618. The molecular weight excluding hydrogens is 411 g/mol. The number of ether oxygens (including phenoxy) is 1. The van der Waals surface area contributed by atoms with E-state index in [4.69, 9.17) is 9.72 Å². The van der Waals surface area contributed by atoms with E-state index in [9.17, 15) is 4.79 Å². The molecule has 0 saturated heterocycles. The van der Waals surface area contributed by atoms with Gasteiger partial charge in [0, 0.05) is 0 Å². The molecule has 7 heteroatoms. The summed E-state index contributed by atoms with van der Waals surface area (Å²) in [6, 6.07) is 0. The van der Waals surface area contributed by atoms with Crippen LogP contribution in [0.5, 0.6) is 0 Å². The molecule has 1 saturated carbocycles. The maximum atomic E-state index is 12.2. The second-order valence-corrected chi connectivity index (χ2v) is 22.1. The third-order valence-electron chi connectivity index (χ3n) is 4.88. The number of fused-ring (bicyclic) bond motifs is 1. The van der Waals surface area contributed by atoms with Crippen molar-refractivity contribution in [2.24, 2.45) is 0 Å². The van der Waals surface area contributed by atoms with Crippen LogP contribution in [0.3, 0.4) is 0 Å². The first-order valence-corrected chi connectivity index (χ1v) is 18.9. The summed E-state index contributed by atoms with van der Waals surface area (Å²) in [7, 11) is 0. The van der Waals surface area contributed by atoms with Crippen molar-refractivity contribution in [2.45, 2.75) is 59.6 Å². The van der Waals surface area contributed by atoms with Crippen LogP contribution >= 0.6 is 0 Å². The quantitative estimate of drug-likeness (QED) is 0.731. The van der Waals surface area contributed by atoms with Gasteiger partial charge in [0.15, 0.2) is 0 Å². The number of amides is 1. The fraction of sp³-hybridized carbons (Fsp3) is 0.706. The number of carbonyl (C=O) groups excluding carboxylic acids is 1. The molecule has 132 valence electrons. The van der Waals surface area contributed by atoms with Gasteiger partial charge >= 0.3 is 148 Å². The van der Waals surface area contributed by atoms with Crippen LogP contribution in [0.4, 0.5) is 11.6 Å². The monoisotopic (exact) mass is 440 g/mol. The summed E-state index contributed by atoms with van der Waals surface area (Å²) in [5.41, 5.74) is -0.416. The van der Waals surface area contributed by atoms with Gasteiger partial charge in [-0.3, -0.25) is 0 Å². The van der Waals surface area contributed by atoms with Crippen LogP contribution in [0.25, 0.3) is 0 Å². The summed E-state index contributed by atoms with van der Waals surface area (Å²) in [5.74, 6) is 1.35. The van der Waals surface area contributed by atoms with E-state index >= 15 is 0 Å². The summed E-state index contributed by atoms with van der Waals surface area (Å²) in [5, 5.41) is 2.88. The predicted molar refractivity (Wildman–Crippen MR) is 98.4 cm³/mol. The number of hydrogen-bond acceptors (Lipinski definition) is 5. The molecule has 1 aromatic rings. The SMILES string of the molecule is CCOC1(N2CC(=O)Nc3nc[c]([Sn]([CH3])([CH3])[CH3])nc32)CCCCC1. The molecule has 3 rings (SSSR count). The third kappa shape index (κ3) is 3.40. The van der Waals surface area contributed by atoms with Gasteiger partial charge in [-0.05, 0) is 0 Å². The van der Waals surface area contributed by atoms with E-state index < -0.39 is 24.1 Å². The van der Waals surface area contributed by atoms with Crippen molar-refractivity contribution in [1.29, 1.82) is 0 Å². The average Bonchev–Trinajstić information content (AvgIpc) is 2.54. The molecule has 24 heavy (non-hydrogen) atoms. The molecule has 0 unspecified atom stereocenters. The van der Waals surface area contributed by atoms with Crippen LogP contribution in [-0.2, 0) is 9.53 Å². The maximum absolute atomic E-state index is 12.2. The Balaban J connectivity index is 2.07. The van der Waals surface area contributed by atoms with Gasteiger partial charge in [-0.2, -0.15) is 0 Å². The zero-order valence-corrected chi connectivity index (χ0v) is 18.0. The molecule has 1 amide bonds. The van der Waals surface area contributed by atoms with Gasteiger partial charge in [-0.1, -0.05) is 0 Å². The van der Waals surface area contributed by atoms with E-state index in [-0.39, 0.29) is 5.91 Å². The van der Waals surface area contributed by atoms with Crippen molar-refractivity contribution in [2.75, 3.05) is 23.4 Å². The molecule has 0 aromatic carbocycles. The molecule has 1 aliphatic carbocycles. The fourth-order valence-electron chi connectivity index (χ4n) is 3.61. The molecule has 1 aromatic heterocycles. The molecule has 0 atom stereocenters. The van der Waals surface area contributed by atoms with Gasteiger partial charge in [0.2, 0.25) is 0 Å². The van der Waals surface area contributed by atoms with Crippen LogP contribution < -0.4 is 13.9 Å². The Morgan fingerprint density at radius 1 is 1.29 bits per heavy atom. The minimum atomic E-state index is -2.35. The van der Waals surface area contributed by atoms with Crippen molar-refractivity contribution < 1.29 is 9.53 Å². The number of carbonyl (C=O) groups is 1. The summed E-state index contributed by atoms with van der Waals surface area (Å²) < 4.78 is 7.37. The van der Waals surface area contributed by atoms with E-state index in [1.54, 1.807) is 0 Å². The first-order chi connectivity index (χ1) is 11.4. The Morgan fingerprint density at radius 2 is 2.00 bits per heavy atom. The standard InChI is InChI=1S/C14H19N4O2.3CH3.Sn/c1-2-20-14(6-4-3-5-7-14)18-10-11(19)17-12-13(18)16-9-8-15-12;;;;/h8H,2-7,10H2,1H3,(H,15,17,19);3*1H3;. The van der Waals surface area contributed by atoms with Gasteiger partial charge in [0.1, 0.15) is 0 Å². The Morgan fingerprint density at radius 3 is 2.62 bits per heavy atom. The average molecular weight is 439 g/mol. The van der Waals surface area contributed by atoms with E-state index in [2.05, 4.69) is 30.0 Å². The molecule has 6 nitrogen and oxygen atoms in total. The number of rotatable bonds is 4. The van der Waals surface area contributed by atoms with Crippen LogP contribution in [0.1, 0.15) is 39.0 Å². The molecular formula is C17H28N4O2Sn. The first-order valence-electron chi connectivity index (χ1n) is 8.95. The van der Waals surface area contributed by atoms with Crippen molar-refractivity contribution in [3.8, 4) is 0 Å². The van der Waals surface area contributed by atoms with Crippen molar-refractivity contribution in [1.82, 2.24) is 9.97 Å². The molecule has 1 N–H and O–H groups in total. The number of nitrogens with zero attached hydrogens (tertiary/aromatic N) is 3. The van der Waals surface area contributed by atoms with Crippen molar-refractivity contribution in [3.63, 3.8) is 0 Å². The summed E-state index contributed by atoms with van der Waals surface area (Å²) in [4.78, 5) is 30.8.